The zero-order valence-corrected chi connectivity index (χ0v) is 17.6. The van der Waals surface area contributed by atoms with Crippen LogP contribution in [0.2, 0.25) is 5.02 Å². The maximum atomic E-state index is 13.0. The molecule has 10 heteroatoms. The summed E-state index contributed by atoms with van der Waals surface area (Å²) in [4.78, 5) is 20.6. The summed E-state index contributed by atoms with van der Waals surface area (Å²) in [6, 6.07) is 5.35. The van der Waals surface area contributed by atoms with E-state index < -0.39 is 0 Å². The first-order valence-electron chi connectivity index (χ1n) is 9.81. The highest BCUT2D eigenvalue weighted by Gasteiger charge is 2.30. The second-order valence-electron chi connectivity index (χ2n) is 7.26. The summed E-state index contributed by atoms with van der Waals surface area (Å²) < 4.78 is 5.11. The Kier molecular flexibility index (Phi) is 5.89. The summed E-state index contributed by atoms with van der Waals surface area (Å²) in [5.41, 5.74) is 1.76. The normalized spacial score (nSPS) is 17.0. The Morgan fingerprint density at radius 3 is 2.93 bits per heavy atom. The molecule has 0 N–H and O–H groups in total. The lowest BCUT2D eigenvalue weighted by Crippen LogP contribution is -2.38. The zero-order valence-electron chi connectivity index (χ0n) is 16.8. The van der Waals surface area contributed by atoms with Crippen molar-refractivity contribution in [2.75, 3.05) is 6.54 Å². The second kappa shape index (κ2) is 8.74. The van der Waals surface area contributed by atoms with Crippen molar-refractivity contribution in [3.8, 4) is 0 Å². The van der Waals surface area contributed by atoms with Crippen molar-refractivity contribution in [2.24, 2.45) is 0 Å². The van der Waals surface area contributed by atoms with Gasteiger partial charge in [0.25, 0.3) is 0 Å². The van der Waals surface area contributed by atoms with E-state index in [4.69, 9.17) is 16.1 Å². The monoisotopic (exact) mass is 427 g/mol. The van der Waals surface area contributed by atoms with Crippen LogP contribution in [0.4, 0.5) is 0 Å². The fourth-order valence-electron chi connectivity index (χ4n) is 3.59. The number of hydrogen-bond acceptors (Lipinski definition) is 7. The number of likely N-dealkylation sites (tertiary alicyclic amines) is 1. The Hall–Kier alpha value is -3.07. The van der Waals surface area contributed by atoms with E-state index in [1.54, 1.807) is 32.1 Å². The SMILES string of the molecule is Cc1nnn(Cc2cc(Cl)ccc2/C=C/C(=O)N2CCCCC2c2noc(C)n2)n1. The van der Waals surface area contributed by atoms with E-state index in [-0.39, 0.29) is 11.9 Å². The quantitative estimate of drug-likeness (QED) is 0.576. The lowest BCUT2D eigenvalue weighted by molar-refractivity contribution is -0.129. The van der Waals surface area contributed by atoms with E-state index in [0.29, 0.717) is 35.7 Å². The van der Waals surface area contributed by atoms with Crippen molar-refractivity contribution in [2.45, 2.75) is 45.7 Å². The Bertz CT molecular complexity index is 1070. The minimum absolute atomic E-state index is 0.0854. The number of hydrogen-bond donors (Lipinski definition) is 0. The number of benzene rings is 1. The molecule has 1 fully saturated rings. The summed E-state index contributed by atoms with van der Waals surface area (Å²) in [6.07, 6.45) is 6.18. The van der Waals surface area contributed by atoms with Crippen LogP contribution in [0.3, 0.4) is 0 Å². The van der Waals surface area contributed by atoms with Crippen molar-refractivity contribution in [3.63, 3.8) is 0 Å². The van der Waals surface area contributed by atoms with Crippen LogP contribution >= 0.6 is 11.6 Å². The molecule has 1 aliphatic rings. The Morgan fingerprint density at radius 1 is 1.33 bits per heavy atom. The zero-order chi connectivity index (χ0) is 21.1. The third-order valence-corrected chi connectivity index (χ3v) is 5.24. The molecule has 0 radical (unpaired) electrons. The number of nitrogens with zero attached hydrogens (tertiary/aromatic N) is 7. The Balaban J connectivity index is 1.54. The van der Waals surface area contributed by atoms with Crippen LogP contribution in [0.1, 0.15) is 54.0 Å². The highest BCUT2D eigenvalue weighted by Crippen LogP contribution is 2.29. The van der Waals surface area contributed by atoms with Gasteiger partial charge in [-0.25, -0.2) is 0 Å². The van der Waals surface area contributed by atoms with Crippen molar-refractivity contribution >= 4 is 23.6 Å². The van der Waals surface area contributed by atoms with E-state index in [1.807, 2.05) is 17.0 Å². The second-order valence-corrected chi connectivity index (χ2v) is 7.69. The molecule has 156 valence electrons. The van der Waals surface area contributed by atoms with Crippen LogP contribution in [0.25, 0.3) is 6.08 Å². The van der Waals surface area contributed by atoms with Crippen LogP contribution in [-0.4, -0.2) is 47.7 Å². The lowest BCUT2D eigenvalue weighted by atomic mass is 10.0. The average Bonchev–Trinajstić information content (AvgIpc) is 3.35. The van der Waals surface area contributed by atoms with Crippen LogP contribution in [-0.2, 0) is 11.3 Å². The maximum absolute atomic E-state index is 13.0. The molecule has 1 atom stereocenters. The minimum Gasteiger partial charge on any atom is -0.340 e. The summed E-state index contributed by atoms with van der Waals surface area (Å²) in [7, 11) is 0. The summed E-state index contributed by atoms with van der Waals surface area (Å²) in [5, 5.41) is 16.7. The number of rotatable bonds is 5. The highest BCUT2D eigenvalue weighted by atomic mass is 35.5. The van der Waals surface area contributed by atoms with Crippen molar-refractivity contribution in [1.82, 2.24) is 35.2 Å². The molecule has 0 bridgehead atoms. The molecule has 30 heavy (non-hydrogen) atoms. The van der Waals surface area contributed by atoms with Gasteiger partial charge >= 0.3 is 0 Å². The summed E-state index contributed by atoms with van der Waals surface area (Å²) in [6.45, 7) is 4.60. The number of piperidine rings is 1. The first-order valence-corrected chi connectivity index (χ1v) is 10.2. The van der Waals surface area contributed by atoms with Crippen LogP contribution < -0.4 is 0 Å². The molecule has 3 heterocycles. The van der Waals surface area contributed by atoms with E-state index in [0.717, 1.165) is 30.4 Å². The molecule has 3 aromatic rings. The van der Waals surface area contributed by atoms with Crippen LogP contribution in [0, 0.1) is 13.8 Å². The van der Waals surface area contributed by atoms with Crippen LogP contribution in [0.5, 0.6) is 0 Å². The van der Waals surface area contributed by atoms with Gasteiger partial charge in [0.1, 0.15) is 0 Å². The Morgan fingerprint density at radius 2 is 2.20 bits per heavy atom. The number of aryl methyl sites for hydroxylation is 2. The van der Waals surface area contributed by atoms with E-state index in [2.05, 4.69) is 25.6 Å². The van der Waals surface area contributed by atoms with Gasteiger partial charge in [-0.3, -0.25) is 4.79 Å². The van der Waals surface area contributed by atoms with E-state index in [9.17, 15) is 4.79 Å². The molecule has 0 saturated carbocycles. The molecule has 0 spiro atoms. The van der Waals surface area contributed by atoms with E-state index >= 15 is 0 Å². The molecule has 1 saturated heterocycles. The van der Waals surface area contributed by atoms with Gasteiger partial charge in [-0.05, 0) is 60.7 Å². The van der Waals surface area contributed by atoms with Gasteiger partial charge in [0.15, 0.2) is 11.6 Å². The van der Waals surface area contributed by atoms with Crippen molar-refractivity contribution in [3.05, 3.63) is 58.0 Å². The molecule has 1 aliphatic heterocycles. The predicted molar refractivity (Wildman–Crippen MR) is 109 cm³/mol. The minimum atomic E-state index is -0.166. The topological polar surface area (TPSA) is 103 Å². The predicted octanol–water partition coefficient (Wildman–Crippen LogP) is 3.14. The molecule has 4 rings (SSSR count). The number of amides is 1. The molecule has 1 aromatic carbocycles. The number of halogens is 1. The van der Waals surface area contributed by atoms with Crippen molar-refractivity contribution in [1.29, 1.82) is 0 Å². The van der Waals surface area contributed by atoms with Gasteiger partial charge in [-0.1, -0.05) is 22.8 Å². The highest BCUT2D eigenvalue weighted by molar-refractivity contribution is 6.30. The third kappa shape index (κ3) is 4.56. The van der Waals surface area contributed by atoms with Gasteiger partial charge in [-0.15, -0.1) is 10.2 Å². The standard InChI is InChI=1S/C20H22ClN7O2/c1-13-23-26-28(24-13)12-16-11-17(21)8-6-15(16)7-9-19(29)27-10-4-3-5-18(27)20-22-14(2)30-25-20/h6-9,11,18H,3-5,10,12H2,1-2H3/b9-7+. The first-order chi connectivity index (χ1) is 14.5. The van der Waals surface area contributed by atoms with Crippen LogP contribution in [0.15, 0.2) is 28.8 Å². The number of carbonyl (C=O) groups excluding carboxylic acids is 1. The molecule has 2 aromatic heterocycles. The van der Waals surface area contributed by atoms with E-state index in [1.165, 1.54) is 4.80 Å². The first kappa shape index (κ1) is 20.2. The fourth-order valence-corrected chi connectivity index (χ4v) is 3.78. The third-order valence-electron chi connectivity index (χ3n) is 5.00. The molecule has 0 aliphatic carbocycles. The van der Waals surface area contributed by atoms with Gasteiger partial charge < -0.3 is 9.42 Å². The lowest BCUT2D eigenvalue weighted by Gasteiger charge is -2.33. The van der Waals surface area contributed by atoms with Gasteiger partial charge in [-0.2, -0.15) is 9.78 Å². The number of carbonyl (C=O) groups is 1. The number of aromatic nitrogens is 6. The maximum Gasteiger partial charge on any atom is 0.247 e. The molecular weight excluding hydrogens is 406 g/mol. The summed E-state index contributed by atoms with van der Waals surface area (Å²) >= 11 is 6.17. The van der Waals surface area contributed by atoms with Gasteiger partial charge in [0.05, 0.1) is 12.6 Å². The number of tetrazole rings is 1. The largest absolute Gasteiger partial charge is 0.340 e. The van der Waals surface area contributed by atoms with Gasteiger partial charge in [0.2, 0.25) is 11.8 Å². The fraction of sp³-hybridized carbons (Fsp3) is 0.400. The molecular formula is C20H22ClN7O2. The summed E-state index contributed by atoms with van der Waals surface area (Å²) in [5.74, 6) is 1.57. The smallest absolute Gasteiger partial charge is 0.247 e. The molecule has 1 amide bonds. The van der Waals surface area contributed by atoms with Crippen molar-refractivity contribution < 1.29 is 9.32 Å². The van der Waals surface area contributed by atoms with Gasteiger partial charge in [0, 0.05) is 24.6 Å². The molecule has 1 unspecified atom stereocenters. The molecule has 9 nitrogen and oxygen atoms in total. The Labute approximate surface area is 178 Å². The average molecular weight is 428 g/mol.